The lowest BCUT2D eigenvalue weighted by Crippen LogP contribution is -2.41. The number of pyridine rings is 1. The van der Waals surface area contributed by atoms with Crippen LogP contribution in [0.5, 0.6) is 0 Å². The highest BCUT2D eigenvalue weighted by Gasteiger charge is 2.27. The number of Topliss-reactive ketones (excluding diaryl/α,β-unsaturated/α-hetero) is 1. The minimum Gasteiger partial charge on any atom is -0.443 e. The molecule has 0 fully saturated rings. The maximum absolute atomic E-state index is 13.1. The van der Waals surface area contributed by atoms with Crippen LogP contribution in [0, 0.1) is 5.82 Å². The number of ketones is 1. The third kappa shape index (κ3) is 6.51. The Hall–Kier alpha value is -2.51. The summed E-state index contributed by atoms with van der Waals surface area (Å²) in [5.41, 5.74) is 6.27. The van der Waals surface area contributed by atoms with Crippen molar-refractivity contribution in [2.75, 3.05) is 4.90 Å². The molecule has 1 aromatic carbocycles. The van der Waals surface area contributed by atoms with Gasteiger partial charge in [-0.1, -0.05) is 0 Å². The molecule has 0 saturated carbocycles. The molecule has 0 bridgehead atoms. The average Bonchev–Trinajstić information content (AvgIpc) is 2.59. The Labute approximate surface area is 176 Å². The first-order chi connectivity index (χ1) is 13.0. The third-order valence-corrected chi connectivity index (χ3v) is 3.89. The molecule has 0 aliphatic rings. The number of hydrogen-bond donors (Lipinski definition) is 1. The van der Waals surface area contributed by atoms with E-state index >= 15 is 0 Å². The number of ether oxygens (including phenoxy) is 1. The van der Waals surface area contributed by atoms with Gasteiger partial charge in [-0.05, 0) is 76.6 Å². The largest absolute Gasteiger partial charge is 0.443 e. The zero-order valence-electron chi connectivity index (χ0n) is 17.2. The fraction of sp³-hybridized carbons (Fsp3) is 0.381. The summed E-state index contributed by atoms with van der Waals surface area (Å²) in [5, 5.41) is 0. The molecule has 0 aliphatic carbocycles. The van der Waals surface area contributed by atoms with E-state index in [1.807, 2.05) is 13.8 Å². The molecule has 2 N–H and O–H groups in total. The van der Waals surface area contributed by atoms with Crippen LogP contribution in [0.2, 0.25) is 0 Å². The molecule has 8 heteroatoms. The van der Waals surface area contributed by atoms with Gasteiger partial charge in [-0.3, -0.25) is 9.69 Å². The number of nitrogens with two attached hydrogens (primary N) is 1. The number of hydrogen-bond acceptors (Lipinski definition) is 5. The zero-order chi connectivity index (χ0) is 21.1. The number of benzene rings is 1. The lowest BCUT2D eigenvalue weighted by molar-refractivity contribution is 0.0569. The van der Waals surface area contributed by atoms with Crippen LogP contribution >= 0.6 is 12.4 Å². The molecule has 158 valence electrons. The Bertz CT molecular complexity index is 851. The Kier molecular flexibility index (Phi) is 8.29. The summed E-state index contributed by atoms with van der Waals surface area (Å²) in [6, 6.07) is 7.21. The molecule has 0 radical (unpaired) electrons. The smallest absolute Gasteiger partial charge is 0.416 e. The van der Waals surface area contributed by atoms with Gasteiger partial charge in [0, 0.05) is 17.8 Å². The second-order valence-corrected chi connectivity index (χ2v) is 7.74. The van der Waals surface area contributed by atoms with E-state index in [-0.39, 0.29) is 24.2 Å². The average molecular weight is 424 g/mol. The van der Waals surface area contributed by atoms with Gasteiger partial charge in [-0.15, -0.1) is 12.4 Å². The topological polar surface area (TPSA) is 85.5 Å². The molecule has 1 unspecified atom stereocenters. The van der Waals surface area contributed by atoms with Crippen LogP contribution < -0.4 is 10.6 Å². The number of aromatic nitrogens is 1. The lowest BCUT2D eigenvalue weighted by atomic mass is 9.99. The Balaban J connectivity index is 0.00000420. The molecule has 6 nitrogen and oxygen atoms in total. The van der Waals surface area contributed by atoms with Gasteiger partial charge in [0.25, 0.3) is 0 Å². The highest BCUT2D eigenvalue weighted by molar-refractivity contribution is 6.00. The number of rotatable bonds is 5. The van der Waals surface area contributed by atoms with Gasteiger partial charge in [0.15, 0.2) is 5.78 Å². The van der Waals surface area contributed by atoms with Crippen LogP contribution in [0.15, 0.2) is 42.6 Å². The summed E-state index contributed by atoms with van der Waals surface area (Å²) in [5.74, 6) is -0.448. The van der Waals surface area contributed by atoms with Crippen molar-refractivity contribution >= 4 is 30.1 Å². The van der Waals surface area contributed by atoms with Gasteiger partial charge in [0.2, 0.25) is 0 Å². The molecule has 1 amide bonds. The third-order valence-electron chi connectivity index (χ3n) is 3.89. The van der Waals surface area contributed by atoms with Crippen LogP contribution in [-0.2, 0) is 4.74 Å². The summed E-state index contributed by atoms with van der Waals surface area (Å²) in [6.45, 7) is 9.02. The number of halogens is 2. The monoisotopic (exact) mass is 423 g/mol. The second-order valence-electron chi connectivity index (χ2n) is 7.74. The summed E-state index contributed by atoms with van der Waals surface area (Å²) in [6.07, 6.45) is 0.952. The van der Waals surface area contributed by atoms with E-state index < -0.39 is 23.6 Å². The van der Waals surface area contributed by atoms with E-state index in [0.29, 0.717) is 16.9 Å². The van der Waals surface area contributed by atoms with Crippen molar-refractivity contribution in [3.63, 3.8) is 0 Å². The molecule has 0 aliphatic heterocycles. The number of carbonyl (C=O) groups excluding carboxylic acids is 2. The molecule has 2 aromatic rings. The first kappa shape index (κ1) is 24.5. The summed E-state index contributed by atoms with van der Waals surface area (Å²) >= 11 is 0. The van der Waals surface area contributed by atoms with Crippen molar-refractivity contribution in [2.45, 2.75) is 52.3 Å². The minimum atomic E-state index is -0.972. The molecular formula is C21H27ClFN3O3. The predicted molar refractivity (Wildman–Crippen MR) is 113 cm³/mol. The first-order valence-electron chi connectivity index (χ1n) is 9.03. The van der Waals surface area contributed by atoms with Crippen molar-refractivity contribution < 1.29 is 18.7 Å². The highest BCUT2D eigenvalue weighted by Crippen LogP contribution is 2.23. The summed E-state index contributed by atoms with van der Waals surface area (Å²) in [7, 11) is 0. The van der Waals surface area contributed by atoms with Crippen LogP contribution in [0.4, 0.5) is 15.0 Å². The van der Waals surface area contributed by atoms with E-state index in [2.05, 4.69) is 4.98 Å². The normalized spacial score (nSPS) is 12.1. The van der Waals surface area contributed by atoms with Crippen LogP contribution in [0.3, 0.4) is 0 Å². The molecule has 1 heterocycles. The maximum atomic E-state index is 13.1. The number of anilines is 1. The van der Waals surface area contributed by atoms with Crippen molar-refractivity contribution in [3.8, 4) is 0 Å². The van der Waals surface area contributed by atoms with Crippen molar-refractivity contribution in [1.82, 2.24) is 4.98 Å². The van der Waals surface area contributed by atoms with Crippen molar-refractivity contribution in [1.29, 1.82) is 0 Å². The summed E-state index contributed by atoms with van der Waals surface area (Å²) < 4.78 is 18.5. The lowest BCUT2D eigenvalue weighted by Gasteiger charge is -2.29. The molecule has 29 heavy (non-hydrogen) atoms. The van der Waals surface area contributed by atoms with E-state index in [1.54, 1.807) is 32.9 Å². The Morgan fingerprint density at radius 3 is 2.24 bits per heavy atom. The minimum absolute atomic E-state index is 0. The van der Waals surface area contributed by atoms with Crippen molar-refractivity contribution in [3.05, 3.63) is 59.5 Å². The van der Waals surface area contributed by atoms with Gasteiger partial charge < -0.3 is 10.5 Å². The van der Waals surface area contributed by atoms with Crippen molar-refractivity contribution in [2.24, 2.45) is 5.73 Å². The van der Waals surface area contributed by atoms with Gasteiger partial charge in [0.1, 0.15) is 17.2 Å². The number of carbonyl (C=O) groups is 2. The first-order valence-corrected chi connectivity index (χ1v) is 9.03. The highest BCUT2D eigenvalue weighted by atomic mass is 35.5. The van der Waals surface area contributed by atoms with Crippen LogP contribution in [0.1, 0.15) is 56.6 Å². The van der Waals surface area contributed by atoms with Gasteiger partial charge in [-0.25, -0.2) is 14.2 Å². The number of amides is 1. The molecule has 2 rings (SSSR count). The maximum Gasteiger partial charge on any atom is 0.416 e. The van der Waals surface area contributed by atoms with E-state index in [4.69, 9.17) is 10.5 Å². The van der Waals surface area contributed by atoms with Gasteiger partial charge in [-0.2, -0.15) is 0 Å². The van der Waals surface area contributed by atoms with Gasteiger partial charge >= 0.3 is 6.09 Å². The number of nitrogens with zero attached hydrogens (tertiary/aromatic N) is 2. The summed E-state index contributed by atoms with van der Waals surface area (Å²) in [4.78, 5) is 30.9. The van der Waals surface area contributed by atoms with Gasteiger partial charge in [0.05, 0.1) is 6.04 Å². The van der Waals surface area contributed by atoms with E-state index in [9.17, 15) is 14.0 Å². The molecular weight excluding hydrogens is 397 g/mol. The molecule has 0 spiro atoms. The van der Waals surface area contributed by atoms with Crippen LogP contribution in [-0.4, -0.2) is 28.5 Å². The fourth-order valence-corrected chi connectivity index (χ4v) is 2.58. The predicted octanol–water partition coefficient (Wildman–Crippen LogP) is 4.68. The standard InChI is InChI=1S/C21H26FN3O3.ClH/c1-13(2)25(20(27)28-21(3,4)5)17-12-15(10-11-24-17)18(23)19(26)14-6-8-16(22)9-7-14;/h6-13,18H,23H2,1-5H3;1H. The zero-order valence-corrected chi connectivity index (χ0v) is 18.0. The van der Waals surface area contributed by atoms with E-state index in [0.717, 1.165) is 0 Å². The second kappa shape index (κ2) is 9.80. The molecule has 1 atom stereocenters. The SMILES string of the molecule is CC(C)N(C(=O)OC(C)(C)C)c1cc(C(N)C(=O)c2ccc(F)cc2)ccn1.Cl. The Morgan fingerprint density at radius 2 is 1.72 bits per heavy atom. The molecule has 0 saturated heterocycles. The molecule has 1 aromatic heterocycles. The van der Waals surface area contributed by atoms with E-state index in [1.165, 1.54) is 35.4 Å². The quantitative estimate of drug-likeness (QED) is 0.706. The Morgan fingerprint density at radius 1 is 1.14 bits per heavy atom. The van der Waals surface area contributed by atoms with Crippen LogP contribution in [0.25, 0.3) is 0 Å². The fourth-order valence-electron chi connectivity index (χ4n) is 2.58.